The van der Waals surface area contributed by atoms with Gasteiger partial charge in [-0.15, -0.1) is 0 Å². The van der Waals surface area contributed by atoms with Gasteiger partial charge in [-0.2, -0.15) is 5.10 Å². The molecule has 4 heterocycles. The monoisotopic (exact) mass is 476 g/mol. The molecule has 2 atom stereocenters. The molecule has 9 heteroatoms. The lowest BCUT2D eigenvalue weighted by atomic mass is 9.92. The number of halogens is 2. The van der Waals surface area contributed by atoms with Crippen molar-refractivity contribution in [2.24, 2.45) is 0 Å². The fourth-order valence-corrected chi connectivity index (χ4v) is 4.65. The van der Waals surface area contributed by atoms with Gasteiger partial charge in [0.05, 0.1) is 29.7 Å². The summed E-state index contributed by atoms with van der Waals surface area (Å²) in [7, 11) is 0. The first-order valence-electron chi connectivity index (χ1n) is 12.0. The fraction of sp³-hybridized carbons (Fsp3) is 0.423. The summed E-state index contributed by atoms with van der Waals surface area (Å²) in [6.07, 6.45) is 7.55. The van der Waals surface area contributed by atoms with Gasteiger partial charge in [0.1, 0.15) is 28.7 Å². The molecule has 0 spiro atoms. The van der Waals surface area contributed by atoms with E-state index in [-0.39, 0.29) is 28.8 Å². The van der Waals surface area contributed by atoms with Crippen LogP contribution in [0, 0.1) is 32.4 Å². The summed E-state index contributed by atoms with van der Waals surface area (Å²) in [5, 5.41) is 4.50. The van der Waals surface area contributed by atoms with Gasteiger partial charge in [0.25, 0.3) is 0 Å². The molecule has 2 aliphatic rings. The summed E-state index contributed by atoms with van der Waals surface area (Å²) in [6.45, 7) is 5.77. The lowest BCUT2D eigenvalue weighted by Gasteiger charge is -2.28. The smallest absolute Gasteiger partial charge is 0.182 e. The van der Waals surface area contributed by atoms with E-state index in [4.69, 9.17) is 14.7 Å². The molecule has 1 aromatic carbocycles. The molecule has 180 valence electrons. The van der Waals surface area contributed by atoms with E-state index in [0.29, 0.717) is 41.8 Å². The molecule has 6 rings (SSSR count). The topological polar surface area (TPSA) is 78.6 Å². The molecule has 2 fully saturated rings. The van der Waals surface area contributed by atoms with E-state index in [2.05, 4.69) is 21.3 Å². The molecule has 0 radical (unpaired) electrons. The highest BCUT2D eigenvalue weighted by atomic mass is 19.1. The number of fused-ring (bicyclic) bond motifs is 1. The van der Waals surface area contributed by atoms with Crippen molar-refractivity contribution in [3.63, 3.8) is 0 Å². The summed E-state index contributed by atoms with van der Waals surface area (Å²) in [5.41, 5.74) is 3.80. The lowest BCUT2D eigenvalue weighted by Crippen LogP contribution is -2.20. The van der Waals surface area contributed by atoms with Crippen molar-refractivity contribution in [3.05, 3.63) is 64.5 Å². The molecular formula is C26H26F2N6O. The van der Waals surface area contributed by atoms with Gasteiger partial charge >= 0.3 is 0 Å². The van der Waals surface area contributed by atoms with Crippen LogP contribution in [0.25, 0.3) is 22.4 Å². The molecule has 35 heavy (non-hydrogen) atoms. The fourth-order valence-electron chi connectivity index (χ4n) is 4.65. The number of aromatic nitrogens is 6. The molecule has 0 bridgehead atoms. The Bertz CT molecular complexity index is 1450. The Morgan fingerprint density at radius 3 is 2.54 bits per heavy atom. The molecule has 3 aromatic heterocycles. The molecular weight excluding hydrogens is 450 g/mol. The van der Waals surface area contributed by atoms with Crippen LogP contribution in [0.4, 0.5) is 8.78 Å². The minimum Gasteiger partial charge on any atom is -0.373 e. The van der Waals surface area contributed by atoms with Crippen LogP contribution >= 0.6 is 0 Å². The normalized spacial score (nSPS) is 20.5. The predicted molar refractivity (Wildman–Crippen MR) is 126 cm³/mol. The number of aryl methyl sites for hydroxylation is 3. The van der Waals surface area contributed by atoms with Crippen LogP contribution in [0.5, 0.6) is 0 Å². The zero-order valence-corrected chi connectivity index (χ0v) is 19.9. The maximum absolute atomic E-state index is 15.0. The van der Waals surface area contributed by atoms with Crippen molar-refractivity contribution < 1.29 is 13.5 Å². The van der Waals surface area contributed by atoms with Crippen molar-refractivity contribution >= 4 is 11.2 Å². The van der Waals surface area contributed by atoms with Gasteiger partial charge in [0.2, 0.25) is 0 Å². The Balaban J connectivity index is 1.43. The van der Waals surface area contributed by atoms with E-state index < -0.39 is 11.6 Å². The minimum atomic E-state index is -0.549. The molecule has 7 nitrogen and oxygen atoms in total. The van der Waals surface area contributed by atoms with Crippen molar-refractivity contribution in [3.8, 4) is 11.3 Å². The highest BCUT2D eigenvalue weighted by molar-refractivity contribution is 5.87. The third kappa shape index (κ3) is 4.07. The predicted octanol–water partition coefficient (Wildman–Crippen LogP) is 5.46. The minimum absolute atomic E-state index is 0.0251. The summed E-state index contributed by atoms with van der Waals surface area (Å²) >= 11 is 0. The van der Waals surface area contributed by atoms with Crippen molar-refractivity contribution in [1.29, 1.82) is 0 Å². The second-order valence-electron chi connectivity index (χ2n) is 9.64. The number of benzene rings is 1. The van der Waals surface area contributed by atoms with Gasteiger partial charge in [-0.3, -0.25) is 4.68 Å². The van der Waals surface area contributed by atoms with Gasteiger partial charge in [-0.05, 0) is 64.2 Å². The second kappa shape index (κ2) is 8.41. The Kier molecular flexibility index (Phi) is 5.32. The summed E-state index contributed by atoms with van der Waals surface area (Å²) in [5.74, 6) is -0.520. The molecule has 4 aromatic rings. The maximum Gasteiger partial charge on any atom is 0.182 e. The van der Waals surface area contributed by atoms with Crippen LogP contribution in [0.3, 0.4) is 0 Å². The highest BCUT2D eigenvalue weighted by Gasteiger charge is 2.31. The Labute approximate surface area is 201 Å². The number of hydrogen-bond donors (Lipinski definition) is 0. The Hall–Kier alpha value is -3.33. The second-order valence-corrected chi connectivity index (χ2v) is 9.64. The van der Waals surface area contributed by atoms with Crippen LogP contribution in [0.15, 0.2) is 24.5 Å². The number of ether oxygens (including phenoxy) is 1. The van der Waals surface area contributed by atoms with E-state index in [1.807, 2.05) is 24.7 Å². The Morgan fingerprint density at radius 1 is 0.943 bits per heavy atom. The first kappa shape index (κ1) is 22.2. The standard InChI is InChI=1S/C26H26F2N6O/c1-13-8-21(28)19(10-20(13)27)23-24-26(31-15(3)14(2)30-24)33-25(32-23)16-6-7-35-22(9-16)17-11-29-34(12-17)18-4-5-18/h8,10-12,16,18,22H,4-7,9H2,1-3H3. The van der Waals surface area contributed by atoms with Crippen molar-refractivity contribution in [2.45, 2.75) is 64.5 Å². The van der Waals surface area contributed by atoms with E-state index in [1.54, 1.807) is 0 Å². The number of hydrogen-bond acceptors (Lipinski definition) is 6. The van der Waals surface area contributed by atoms with Crippen molar-refractivity contribution in [1.82, 2.24) is 29.7 Å². The van der Waals surface area contributed by atoms with Gasteiger partial charge in [-0.1, -0.05) is 0 Å². The molecule has 2 unspecified atom stereocenters. The average Bonchev–Trinajstić information content (AvgIpc) is 3.58. The molecule has 1 saturated heterocycles. The van der Waals surface area contributed by atoms with Crippen LogP contribution in [-0.4, -0.2) is 36.3 Å². The zero-order chi connectivity index (χ0) is 24.3. The van der Waals surface area contributed by atoms with Gasteiger partial charge in [0.15, 0.2) is 5.65 Å². The summed E-state index contributed by atoms with van der Waals surface area (Å²) < 4.78 is 37.6. The summed E-state index contributed by atoms with van der Waals surface area (Å²) in [6, 6.07) is 2.88. The molecule has 0 N–H and O–H groups in total. The van der Waals surface area contributed by atoms with Crippen molar-refractivity contribution in [2.75, 3.05) is 6.61 Å². The average molecular weight is 477 g/mol. The highest BCUT2D eigenvalue weighted by Crippen LogP contribution is 2.40. The molecule has 1 saturated carbocycles. The molecule has 1 aliphatic heterocycles. The van der Waals surface area contributed by atoms with Crippen LogP contribution < -0.4 is 0 Å². The van der Waals surface area contributed by atoms with E-state index in [1.165, 1.54) is 31.9 Å². The SMILES string of the molecule is Cc1cc(F)c(-c2nc(C3CCOC(c4cnn(C5CC5)c4)C3)nc3nc(C)c(C)nc23)cc1F. The van der Waals surface area contributed by atoms with E-state index in [0.717, 1.165) is 17.7 Å². The van der Waals surface area contributed by atoms with Crippen LogP contribution in [0.2, 0.25) is 0 Å². The first-order valence-corrected chi connectivity index (χ1v) is 12.0. The van der Waals surface area contributed by atoms with Crippen LogP contribution in [-0.2, 0) is 4.74 Å². The quantitative estimate of drug-likeness (QED) is 0.389. The molecule has 0 amide bonds. The van der Waals surface area contributed by atoms with E-state index in [9.17, 15) is 4.39 Å². The Morgan fingerprint density at radius 2 is 1.74 bits per heavy atom. The lowest BCUT2D eigenvalue weighted by molar-refractivity contribution is 0.00396. The van der Waals surface area contributed by atoms with Gasteiger partial charge < -0.3 is 4.74 Å². The molecule has 1 aliphatic carbocycles. The van der Waals surface area contributed by atoms with Gasteiger partial charge in [0, 0.05) is 29.8 Å². The first-order chi connectivity index (χ1) is 16.9. The van der Waals surface area contributed by atoms with E-state index >= 15 is 4.39 Å². The maximum atomic E-state index is 15.0. The number of nitrogens with zero attached hydrogens (tertiary/aromatic N) is 6. The van der Waals surface area contributed by atoms with Crippen LogP contribution in [0.1, 0.15) is 72.1 Å². The largest absolute Gasteiger partial charge is 0.373 e. The third-order valence-corrected chi connectivity index (χ3v) is 7.03. The zero-order valence-electron chi connectivity index (χ0n) is 19.9. The third-order valence-electron chi connectivity index (χ3n) is 7.03. The number of rotatable bonds is 4. The van der Waals surface area contributed by atoms with Gasteiger partial charge in [-0.25, -0.2) is 28.7 Å². The summed E-state index contributed by atoms with van der Waals surface area (Å²) in [4.78, 5) is 18.7.